The van der Waals surface area contributed by atoms with Gasteiger partial charge >= 0.3 is 0 Å². The van der Waals surface area contributed by atoms with Gasteiger partial charge < -0.3 is 15.2 Å². The molecule has 2 aromatic rings. The largest absolute Gasteiger partial charge is 0.354 e. The van der Waals surface area contributed by atoms with E-state index in [1.54, 1.807) is 0 Å². The van der Waals surface area contributed by atoms with Crippen molar-refractivity contribution in [2.75, 3.05) is 20.1 Å². The number of aliphatic imine (C=N–C) groups is 1. The van der Waals surface area contributed by atoms with Crippen LogP contribution in [0.5, 0.6) is 0 Å². The zero-order valence-electron chi connectivity index (χ0n) is 17.3. The van der Waals surface area contributed by atoms with E-state index in [9.17, 15) is 0 Å². The summed E-state index contributed by atoms with van der Waals surface area (Å²) >= 11 is 0. The summed E-state index contributed by atoms with van der Waals surface area (Å²) in [6, 6.07) is 6.56. The van der Waals surface area contributed by atoms with Crippen LogP contribution in [0, 0.1) is 5.92 Å². The normalized spacial score (nSPS) is 16.5. The number of hydrogen-bond donors (Lipinski definition) is 2. The van der Waals surface area contributed by atoms with Gasteiger partial charge in [-0.25, -0.2) is 4.98 Å². The number of hydrogen-bond acceptors (Lipinski definition) is 4. The number of nitrogens with one attached hydrogen (secondary N) is 2. The lowest BCUT2D eigenvalue weighted by Gasteiger charge is -2.32. The topological polar surface area (TPSA) is 70.4 Å². The molecule has 0 bridgehead atoms. The van der Waals surface area contributed by atoms with Crippen LogP contribution < -0.4 is 10.6 Å². The molecule has 28 heavy (non-hydrogen) atoms. The van der Waals surface area contributed by atoms with Gasteiger partial charge in [0.2, 0.25) is 0 Å². The molecule has 7 heteroatoms. The maximum atomic E-state index is 4.48. The van der Waals surface area contributed by atoms with Crippen molar-refractivity contribution in [2.45, 2.75) is 52.4 Å². The van der Waals surface area contributed by atoms with Crippen LogP contribution in [0.3, 0.4) is 0 Å². The quantitative estimate of drug-likeness (QED) is 0.567. The highest BCUT2D eigenvalue weighted by atomic mass is 15.2. The van der Waals surface area contributed by atoms with Gasteiger partial charge in [-0.05, 0) is 30.9 Å². The Morgan fingerprint density at radius 2 is 2.04 bits per heavy atom. The SMILES string of the molecule is CN=C(NCc1nccn1CC(C)C)NC1CCN(Cc2ccccn2)CC1. The molecule has 0 amide bonds. The molecule has 152 valence electrons. The maximum Gasteiger partial charge on any atom is 0.191 e. The Labute approximate surface area is 168 Å². The lowest BCUT2D eigenvalue weighted by Crippen LogP contribution is -2.48. The molecule has 0 spiro atoms. The van der Waals surface area contributed by atoms with Gasteiger partial charge in [0, 0.05) is 57.9 Å². The number of aromatic nitrogens is 3. The van der Waals surface area contributed by atoms with Gasteiger partial charge in [0.15, 0.2) is 5.96 Å². The average molecular weight is 384 g/mol. The van der Waals surface area contributed by atoms with Crippen LogP contribution in [0.25, 0.3) is 0 Å². The van der Waals surface area contributed by atoms with Crippen molar-refractivity contribution < 1.29 is 0 Å². The van der Waals surface area contributed by atoms with Crippen LogP contribution in [0.1, 0.15) is 38.2 Å². The second kappa shape index (κ2) is 10.2. The molecule has 1 aliphatic rings. The summed E-state index contributed by atoms with van der Waals surface area (Å²) in [6.45, 7) is 9.18. The van der Waals surface area contributed by atoms with Crippen molar-refractivity contribution in [1.82, 2.24) is 30.1 Å². The van der Waals surface area contributed by atoms with Crippen LogP contribution in [-0.4, -0.2) is 51.6 Å². The van der Waals surface area contributed by atoms with Crippen molar-refractivity contribution in [1.29, 1.82) is 0 Å². The number of guanidine groups is 1. The van der Waals surface area contributed by atoms with E-state index in [0.29, 0.717) is 18.5 Å². The van der Waals surface area contributed by atoms with E-state index in [4.69, 9.17) is 0 Å². The molecule has 0 saturated carbocycles. The number of imidazole rings is 1. The lowest BCUT2D eigenvalue weighted by molar-refractivity contribution is 0.196. The van der Waals surface area contributed by atoms with Crippen LogP contribution in [-0.2, 0) is 19.6 Å². The lowest BCUT2D eigenvalue weighted by atomic mass is 10.0. The first kappa shape index (κ1) is 20.3. The number of rotatable bonds is 7. The Morgan fingerprint density at radius 1 is 1.21 bits per heavy atom. The summed E-state index contributed by atoms with van der Waals surface area (Å²) in [7, 11) is 1.83. The number of piperidine rings is 1. The molecular weight excluding hydrogens is 350 g/mol. The van der Waals surface area contributed by atoms with Gasteiger partial charge in [-0.2, -0.15) is 0 Å². The Morgan fingerprint density at radius 3 is 2.71 bits per heavy atom. The molecule has 1 saturated heterocycles. The van der Waals surface area contributed by atoms with Crippen molar-refractivity contribution in [3.8, 4) is 0 Å². The highest BCUT2D eigenvalue weighted by molar-refractivity contribution is 5.79. The Balaban J connectivity index is 1.43. The van der Waals surface area contributed by atoms with E-state index in [0.717, 1.165) is 56.5 Å². The molecule has 2 aromatic heterocycles. The van der Waals surface area contributed by atoms with Crippen molar-refractivity contribution >= 4 is 5.96 Å². The summed E-state index contributed by atoms with van der Waals surface area (Å²) in [4.78, 5) is 15.8. The van der Waals surface area contributed by atoms with Crippen LogP contribution in [0.2, 0.25) is 0 Å². The zero-order valence-corrected chi connectivity index (χ0v) is 17.3. The van der Waals surface area contributed by atoms with E-state index < -0.39 is 0 Å². The molecule has 1 fully saturated rings. The molecule has 0 aliphatic carbocycles. The summed E-state index contributed by atoms with van der Waals surface area (Å²) in [6.07, 6.45) is 7.99. The highest BCUT2D eigenvalue weighted by Gasteiger charge is 2.20. The number of pyridine rings is 1. The summed E-state index contributed by atoms with van der Waals surface area (Å²) in [5.41, 5.74) is 1.14. The fraction of sp³-hybridized carbons (Fsp3) is 0.571. The molecule has 1 aliphatic heterocycles. The fourth-order valence-electron chi connectivity index (χ4n) is 3.57. The first-order valence-corrected chi connectivity index (χ1v) is 10.2. The monoisotopic (exact) mass is 383 g/mol. The minimum atomic E-state index is 0.446. The molecule has 0 aromatic carbocycles. The maximum absolute atomic E-state index is 4.48. The smallest absolute Gasteiger partial charge is 0.191 e. The fourth-order valence-corrected chi connectivity index (χ4v) is 3.57. The van der Waals surface area contributed by atoms with Crippen molar-refractivity contribution in [3.05, 3.63) is 48.3 Å². The number of likely N-dealkylation sites (tertiary alicyclic amines) is 1. The van der Waals surface area contributed by atoms with Gasteiger partial charge in [-0.3, -0.25) is 14.9 Å². The third-order valence-electron chi connectivity index (χ3n) is 5.04. The molecule has 3 heterocycles. The van der Waals surface area contributed by atoms with E-state index in [-0.39, 0.29) is 0 Å². The molecule has 7 nitrogen and oxygen atoms in total. The molecular formula is C21H33N7. The second-order valence-corrected chi connectivity index (χ2v) is 7.83. The Bertz CT molecular complexity index is 730. The molecule has 2 N–H and O–H groups in total. The molecule has 0 atom stereocenters. The number of nitrogens with zero attached hydrogens (tertiary/aromatic N) is 5. The van der Waals surface area contributed by atoms with Crippen LogP contribution >= 0.6 is 0 Å². The summed E-state index contributed by atoms with van der Waals surface area (Å²) in [5, 5.41) is 6.99. The standard InChI is InChI=1S/C21H33N7/c1-17(2)15-28-13-10-24-20(28)14-25-21(22-3)26-18-7-11-27(12-8-18)16-19-6-4-5-9-23-19/h4-6,9-10,13,17-18H,7-8,11-12,14-16H2,1-3H3,(H2,22,25,26). The van der Waals surface area contributed by atoms with Crippen LogP contribution in [0.15, 0.2) is 41.8 Å². The first-order valence-electron chi connectivity index (χ1n) is 10.2. The predicted octanol–water partition coefficient (Wildman–Crippen LogP) is 2.26. The Kier molecular flexibility index (Phi) is 7.42. The van der Waals surface area contributed by atoms with Gasteiger partial charge in [-0.1, -0.05) is 19.9 Å². The Hall–Kier alpha value is -2.41. The van der Waals surface area contributed by atoms with E-state index in [2.05, 4.69) is 61.0 Å². The van der Waals surface area contributed by atoms with E-state index >= 15 is 0 Å². The highest BCUT2D eigenvalue weighted by Crippen LogP contribution is 2.13. The summed E-state index contributed by atoms with van der Waals surface area (Å²) in [5.74, 6) is 2.49. The molecule has 3 rings (SSSR count). The molecule has 0 radical (unpaired) electrons. The van der Waals surface area contributed by atoms with Gasteiger partial charge in [0.1, 0.15) is 5.82 Å². The summed E-state index contributed by atoms with van der Waals surface area (Å²) < 4.78 is 2.21. The first-order chi connectivity index (χ1) is 13.6. The van der Waals surface area contributed by atoms with Crippen LogP contribution in [0.4, 0.5) is 0 Å². The predicted molar refractivity (Wildman–Crippen MR) is 113 cm³/mol. The minimum Gasteiger partial charge on any atom is -0.354 e. The van der Waals surface area contributed by atoms with Crippen molar-refractivity contribution in [2.24, 2.45) is 10.9 Å². The minimum absolute atomic E-state index is 0.446. The zero-order chi connectivity index (χ0) is 19.8. The van der Waals surface area contributed by atoms with Gasteiger partial charge in [-0.15, -0.1) is 0 Å². The molecule has 0 unspecified atom stereocenters. The third-order valence-corrected chi connectivity index (χ3v) is 5.04. The average Bonchev–Trinajstić information content (AvgIpc) is 3.13. The second-order valence-electron chi connectivity index (χ2n) is 7.83. The van der Waals surface area contributed by atoms with E-state index in [1.165, 1.54) is 0 Å². The van der Waals surface area contributed by atoms with E-state index in [1.807, 2.05) is 31.7 Å². The van der Waals surface area contributed by atoms with Gasteiger partial charge in [0.05, 0.1) is 12.2 Å². The van der Waals surface area contributed by atoms with Crippen molar-refractivity contribution in [3.63, 3.8) is 0 Å². The third kappa shape index (κ3) is 6.05. The van der Waals surface area contributed by atoms with Gasteiger partial charge in [0.25, 0.3) is 0 Å².